The Morgan fingerprint density at radius 3 is 1.01 bits per heavy atom. The highest BCUT2D eigenvalue weighted by atomic mass is 15.1. The minimum absolute atomic E-state index is 0.894. The van der Waals surface area contributed by atoms with Gasteiger partial charge >= 0.3 is 0 Å². The van der Waals surface area contributed by atoms with Crippen LogP contribution in [0.4, 0.5) is 0 Å². The molecule has 0 spiro atoms. The SMILES string of the molecule is c1ccc2c(c1)Cc1cc3c(cc1-2)-c1ccc2c4cccnc4n4c5ccncc5nc4c2c1C3.c1ccc2c(c1)Cc1cc3c(cc1-2)Cc1cc2c(cc1-3)c1cccnc1n1c3ccncc3nc21.c1ccc2c(c1)Cc1ccc3c(c1-2)-c1ccc2c4cccnc4n4c5ccncc5nc4c2c1C3.c1ccc2c(c1)Cc1ccc3c(c1-2)Cc1cc2c(cc1-3)c1cccnc1n1c3ccncc3nc21. The van der Waals surface area contributed by atoms with Crippen molar-refractivity contribution in [3.63, 3.8) is 0 Å². The molecule has 0 radical (unpaired) electrons. The average Bonchev–Trinajstić information content (AvgIpc) is 1.55. The number of hydrogen-bond acceptors (Lipinski definition) is 12. The van der Waals surface area contributed by atoms with Crippen LogP contribution in [-0.4, -0.2) is 77.4 Å². The van der Waals surface area contributed by atoms with E-state index in [0.29, 0.717) is 0 Å². The Kier molecular flexibility index (Phi) is 14.9. The van der Waals surface area contributed by atoms with Gasteiger partial charge in [0, 0.05) is 92.7 Å². The molecule has 16 heteroatoms. The summed E-state index contributed by atoms with van der Waals surface area (Å²) in [5, 5.41) is 14.3. The lowest BCUT2D eigenvalue weighted by Crippen LogP contribution is -1.96. The van der Waals surface area contributed by atoms with Gasteiger partial charge in [0.25, 0.3) is 0 Å². The number of aromatic nitrogens is 16. The number of pyridine rings is 12. The minimum Gasteiger partial charge on any atom is -0.276 e. The quantitative estimate of drug-likeness (QED) is 0.132. The predicted octanol–water partition coefficient (Wildman–Crippen LogP) is 26.9. The van der Waals surface area contributed by atoms with Crippen molar-refractivity contribution in [3.8, 4) is 89.0 Å². The van der Waals surface area contributed by atoms with Crippen molar-refractivity contribution >= 4 is 154 Å². The third kappa shape index (κ3) is 10.3. The van der Waals surface area contributed by atoms with E-state index in [9.17, 15) is 0 Å². The number of rotatable bonds is 0. The zero-order chi connectivity index (χ0) is 90.7. The van der Waals surface area contributed by atoms with Crippen LogP contribution in [0.3, 0.4) is 0 Å². The van der Waals surface area contributed by atoms with E-state index in [0.717, 1.165) is 162 Å². The molecule has 0 saturated carbocycles. The van der Waals surface area contributed by atoms with Gasteiger partial charge in [-0.25, -0.2) is 39.9 Å². The topological polar surface area (TPSA) is 172 Å². The monoisotopic (exact) mass is 1780 g/mol. The molecule has 648 valence electrons. The Labute approximate surface area is 796 Å². The lowest BCUT2D eigenvalue weighted by atomic mass is 9.93. The smallest absolute Gasteiger partial charge is 0.147 e. The van der Waals surface area contributed by atoms with Gasteiger partial charge in [-0.1, -0.05) is 152 Å². The molecule has 8 aliphatic rings. The lowest BCUT2D eigenvalue weighted by molar-refractivity contribution is 1.21. The Hall–Kier alpha value is -18.3. The Bertz CT molecular complexity index is 10700. The maximum atomic E-state index is 5.10. The second kappa shape index (κ2) is 27.7. The van der Waals surface area contributed by atoms with Crippen molar-refractivity contribution in [1.29, 1.82) is 0 Å². The van der Waals surface area contributed by atoms with Crippen molar-refractivity contribution < 1.29 is 0 Å². The third-order valence-corrected chi connectivity index (χ3v) is 31.8. The van der Waals surface area contributed by atoms with Crippen molar-refractivity contribution in [1.82, 2.24) is 77.4 Å². The van der Waals surface area contributed by atoms with Gasteiger partial charge in [-0.15, -0.1) is 0 Å². The first-order valence-corrected chi connectivity index (χ1v) is 48.2. The van der Waals surface area contributed by atoms with E-state index in [2.05, 4.69) is 256 Å². The summed E-state index contributed by atoms with van der Waals surface area (Å²) in [4.78, 5) is 56.6. The van der Waals surface area contributed by atoms with E-state index in [-0.39, 0.29) is 0 Å². The van der Waals surface area contributed by atoms with Crippen LogP contribution in [0, 0.1) is 0 Å². The van der Waals surface area contributed by atoms with Gasteiger partial charge in [-0.3, -0.25) is 37.5 Å². The maximum absolute atomic E-state index is 5.10. The molecule has 0 amide bonds. The molecule has 16 heterocycles. The number of nitrogens with zero attached hydrogens (tertiary/aromatic N) is 16. The van der Waals surface area contributed by atoms with E-state index in [1.54, 1.807) is 0 Å². The molecule has 0 atom stereocenters. The first kappa shape index (κ1) is 75.1. The van der Waals surface area contributed by atoms with Gasteiger partial charge in [0.2, 0.25) is 0 Å². The molecule has 28 aromatic rings. The fourth-order valence-corrected chi connectivity index (χ4v) is 25.9. The van der Waals surface area contributed by atoms with Gasteiger partial charge in [-0.05, 0) is 366 Å². The highest BCUT2D eigenvalue weighted by Gasteiger charge is 2.36. The third-order valence-electron chi connectivity index (χ3n) is 31.8. The summed E-state index contributed by atoms with van der Waals surface area (Å²) in [6.45, 7) is 0. The van der Waals surface area contributed by atoms with E-state index >= 15 is 0 Å². The molecule has 0 aliphatic heterocycles. The fourth-order valence-electron chi connectivity index (χ4n) is 25.9. The van der Waals surface area contributed by atoms with Crippen LogP contribution >= 0.6 is 0 Å². The lowest BCUT2D eigenvalue weighted by Gasteiger charge is -2.13. The molecule has 0 unspecified atom stereocenters. The first-order valence-electron chi connectivity index (χ1n) is 48.2. The van der Waals surface area contributed by atoms with Gasteiger partial charge < -0.3 is 0 Å². The van der Waals surface area contributed by atoms with Crippen LogP contribution in [0.15, 0.2) is 341 Å². The van der Waals surface area contributed by atoms with Crippen molar-refractivity contribution in [3.05, 3.63) is 430 Å². The second-order valence-electron chi connectivity index (χ2n) is 38.8. The Morgan fingerprint density at radius 1 is 0.171 bits per heavy atom. The Morgan fingerprint density at radius 2 is 0.493 bits per heavy atom. The summed E-state index contributed by atoms with van der Waals surface area (Å²) in [5.41, 5.74) is 60.1. The van der Waals surface area contributed by atoms with Gasteiger partial charge in [0.15, 0.2) is 0 Å². The summed E-state index contributed by atoms with van der Waals surface area (Å²) >= 11 is 0. The molecule has 0 N–H and O–H groups in total. The van der Waals surface area contributed by atoms with Gasteiger partial charge in [-0.2, -0.15) is 0 Å². The Balaban J connectivity index is 0.0000000829. The standard InChI is InChI=1S/4C31H18N4/c1-2-5-20-17(4-1)14-18-7-8-19-15-24-22(28(19)27(18)20)10-9-21-23-6-3-12-33-30(23)35-26-11-13-32-16-25(26)34-31(35)29(21)24;1-2-5-20-17(4-1)12-18-13-19-14-26-21(25(19)15-24(18)20)7-8-22-23-6-3-10-33-30(23)35-28-9-11-32-16-27(28)34-31(35)29(22)26;1-2-5-20-17(4-1)12-18-7-8-21-23-15-24-22-6-3-10-33-30(22)35-28-9-11-32-16-27(28)34-31(35)26(24)14-19(23)13-25(21)29(18)20;1-2-5-21-17(4-1)10-18-13-24-19(12-23(18)21)11-20-14-27-26(15-25(20)24)22-6-3-8-33-30(22)35-29-7-9-32-16-28(29)34-31(27)35/h1-13,16H,14-15H2;1-11,13,15-16H,12,14H2;1-11,14-16H,12-13H2;1-9,12-16H,10-11H2. The van der Waals surface area contributed by atoms with Crippen molar-refractivity contribution in [2.24, 2.45) is 0 Å². The summed E-state index contributed by atoms with van der Waals surface area (Å²) in [7, 11) is 0. The summed E-state index contributed by atoms with van der Waals surface area (Å²) in [6.07, 6.45) is 30.0. The maximum Gasteiger partial charge on any atom is 0.147 e. The molecule has 0 bridgehead atoms. The van der Waals surface area contributed by atoms with Gasteiger partial charge in [0.1, 0.15) is 67.2 Å². The molecule has 8 aliphatic carbocycles. The molecular weight excluding hydrogens is 1710 g/mol. The van der Waals surface area contributed by atoms with E-state index < -0.39 is 0 Å². The number of fused-ring (bicyclic) bond motifs is 60. The van der Waals surface area contributed by atoms with Crippen LogP contribution in [0.1, 0.15) is 89.0 Å². The summed E-state index contributed by atoms with van der Waals surface area (Å²) < 4.78 is 8.82. The molecule has 0 saturated heterocycles. The largest absolute Gasteiger partial charge is 0.276 e. The molecule has 36 rings (SSSR count). The molecule has 16 aromatic heterocycles. The fraction of sp³-hybridized carbons (Fsp3) is 0.0645. The molecule has 0 fully saturated rings. The van der Waals surface area contributed by atoms with Crippen LogP contribution in [0.25, 0.3) is 243 Å². The molecule has 16 nitrogen and oxygen atoms in total. The van der Waals surface area contributed by atoms with E-state index in [4.69, 9.17) is 39.9 Å². The molecular formula is C124H72N16. The van der Waals surface area contributed by atoms with E-state index in [1.807, 2.05) is 123 Å². The van der Waals surface area contributed by atoms with Gasteiger partial charge in [0.05, 0.1) is 46.9 Å². The molecule has 140 heavy (non-hydrogen) atoms. The summed E-state index contributed by atoms with van der Waals surface area (Å²) in [6, 6.07) is 98.1. The van der Waals surface area contributed by atoms with Crippen molar-refractivity contribution in [2.75, 3.05) is 0 Å². The van der Waals surface area contributed by atoms with Crippen LogP contribution in [0.5, 0.6) is 0 Å². The van der Waals surface area contributed by atoms with Crippen molar-refractivity contribution in [2.45, 2.75) is 51.4 Å². The molecule has 12 aromatic carbocycles. The normalized spacial score (nSPS) is 13.5. The van der Waals surface area contributed by atoms with Crippen LogP contribution in [0.2, 0.25) is 0 Å². The van der Waals surface area contributed by atoms with E-state index in [1.165, 1.54) is 221 Å². The zero-order valence-electron chi connectivity index (χ0n) is 75.1. The second-order valence-corrected chi connectivity index (χ2v) is 38.8. The summed E-state index contributed by atoms with van der Waals surface area (Å²) in [5.74, 6) is 0. The first-order chi connectivity index (χ1) is 69.4. The minimum atomic E-state index is 0.894. The number of imidazole rings is 4. The zero-order valence-corrected chi connectivity index (χ0v) is 75.1. The number of benzene rings is 12. The highest BCUT2D eigenvalue weighted by molar-refractivity contribution is 6.21. The predicted molar refractivity (Wildman–Crippen MR) is 559 cm³/mol. The van der Waals surface area contributed by atoms with Crippen LogP contribution < -0.4 is 0 Å². The van der Waals surface area contributed by atoms with Crippen LogP contribution in [-0.2, 0) is 51.4 Å². The average molecular weight is 1790 g/mol. The highest BCUT2D eigenvalue weighted by Crippen LogP contribution is 2.56. The number of hydrogen-bond donors (Lipinski definition) is 0.